The summed E-state index contributed by atoms with van der Waals surface area (Å²) >= 11 is 11.8. The molecule has 0 bridgehead atoms. The van der Waals surface area contributed by atoms with Crippen LogP contribution in [0, 0.1) is 0 Å². The molecule has 0 saturated carbocycles. The lowest BCUT2D eigenvalue weighted by Crippen LogP contribution is -2.55. The fourth-order valence-electron chi connectivity index (χ4n) is 3.31. The van der Waals surface area contributed by atoms with Crippen LogP contribution in [0.5, 0.6) is 0 Å². The minimum atomic E-state index is -3.94. The summed E-state index contributed by atoms with van der Waals surface area (Å²) in [5.41, 5.74) is 0.275. The van der Waals surface area contributed by atoms with Gasteiger partial charge in [-0.25, -0.2) is 8.42 Å². The quantitative estimate of drug-likeness (QED) is 0.525. The second-order valence-corrected chi connectivity index (χ2v) is 11.9. The standard InChI is InChI=1S/C24H31Cl2N3O4S/c1-6-21(23(31)27-24(2,3)4)29(15-17-7-9-18(25)10-8-17)22(30)16-28(5)34(32,33)20-13-11-19(26)12-14-20/h7-14,21H,6,15-16H2,1-5H3,(H,27,31)/t21-/m0/s1. The highest BCUT2D eigenvalue weighted by atomic mass is 35.5. The maximum absolute atomic E-state index is 13.4. The van der Waals surface area contributed by atoms with Crippen LogP contribution in [0.2, 0.25) is 10.0 Å². The van der Waals surface area contributed by atoms with Crippen molar-refractivity contribution in [1.82, 2.24) is 14.5 Å². The van der Waals surface area contributed by atoms with E-state index in [1.165, 1.54) is 36.2 Å². The molecule has 186 valence electrons. The Hall–Kier alpha value is -2.13. The van der Waals surface area contributed by atoms with E-state index in [-0.39, 0.29) is 17.3 Å². The molecule has 0 spiro atoms. The summed E-state index contributed by atoms with van der Waals surface area (Å²) in [4.78, 5) is 27.9. The maximum Gasteiger partial charge on any atom is 0.243 e. The van der Waals surface area contributed by atoms with Gasteiger partial charge in [0.2, 0.25) is 21.8 Å². The molecule has 0 heterocycles. The molecule has 2 aromatic carbocycles. The third-order valence-corrected chi connectivity index (χ3v) is 7.35. The number of rotatable bonds is 9. The summed E-state index contributed by atoms with van der Waals surface area (Å²) in [7, 11) is -2.60. The summed E-state index contributed by atoms with van der Waals surface area (Å²) < 4.78 is 26.9. The maximum atomic E-state index is 13.4. The average Bonchev–Trinajstić information content (AvgIpc) is 2.74. The second-order valence-electron chi connectivity index (χ2n) is 9.03. The molecule has 1 N–H and O–H groups in total. The number of sulfonamides is 1. The third kappa shape index (κ3) is 7.70. The van der Waals surface area contributed by atoms with E-state index in [4.69, 9.17) is 23.2 Å². The molecule has 0 unspecified atom stereocenters. The van der Waals surface area contributed by atoms with Crippen molar-refractivity contribution >= 4 is 45.0 Å². The molecular formula is C24H31Cl2N3O4S. The highest BCUT2D eigenvalue weighted by molar-refractivity contribution is 7.89. The first-order valence-corrected chi connectivity index (χ1v) is 13.0. The molecule has 0 fully saturated rings. The monoisotopic (exact) mass is 527 g/mol. The number of halogens is 2. The zero-order valence-corrected chi connectivity index (χ0v) is 22.3. The molecule has 7 nitrogen and oxygen atoms in total. The van der Waals surface area contributed by atoms with Crippen LogP contribution in [0.15, 0.2) is 53.4 Å². The van der Waals surface area contributed by atoms with Crippen LogP contribution < -0.4 is 5.32 Å². The molecule has 0 aliphatic rings. The zero-order valence-electron chi connectivity index (χ0n) is 20.0. The first kappa shape index (κ1) is 28.1. The normalized spacial score (nSPS) is 12.9. The lowest BCUT2D eigenvalue weighted by atomic mass is 10.1. The van der Waals surface area contributed by atoms with Gasteiger partial charge in [-0.3, -0.25) is 9.59 Å². The van der Waals surface area contributed by atoms with Gasteiger partial charge < -0.3 is 10.2 Å². The largest absolute Gasteiger partial charge is 0.350 e. The van der Waals surface area contributed by atoms with Crippen LogP contribution in [0.25, 0.3) is 0 Å². The van der Waals surface area contributed by atoms with Gasteiger partial charge in [0.15, 0.2) is 0 Å². The molecule has 34 heavy (non-hydrogen) atoms. The van der Waals surface area contributed by atoms with Crippen molar-refractivity contribution in [3.8, 4) is 0 Å². The predicted molar refractivity (Wildman–Crippen MR) is 135 cm³/mol. The van der Waals surface area contributed by atoms with Crippen LogP contribution in [0.4, 0.5) is 0 Å². The van der Waals surface area contributed by atoms with E-state index >= 15 is 0 Å². The minimum Gasteiger partial charge on any atom is -0.350 e. The van der Waals surface area contributed by atoms with Gasteiger partial charge in [-0.05, 0) is 69.2 Å². The fourth-order valence-corrected chi connectivity index (χ4v) is 4.68. The first-order chi connectivity index (χ1) is 15.7. The fraction of sp³-hybridized carbons (Fsp3) is 0.417. The van der Waals surface area contributed by atoms with Gasteiger partial charge in [-0.2, -0.15) is 4.31 Å². The molecule has 2 aromatic rings. The Kier molecular flexibility index (Phi) is 9.53. The summed E-state index contributed by atoms with van der Waals surface area (Å²) in [6, 6.07) is 11.9. The summed E-state index contributed by atoms with van der Waals surface area (Å²) in [5, 5.41) is 3.87. The van der Waals surface area contributed by atoms with Crippen molar-refractivity contribution in [3.05, 3.63) is 64.1 Å². The van der Waals surface area contributed by atoms with E-state index in [0.717, 1.165) is 9.87 Å². The van der Waals surface area contributed by atoms with Crippen molar-refractivity contribution in [1.29, 1.82) is 0 Å². The number of hydrogen-bond donors (Lipinski definition) is 1. The highest BCUT2D eigenvalue weighted by Crippen LogP contribution is 2.20. The topological polar surface area (TPSA) is 86.8 Å². The third-order valence-electron chi connectivity index (χ3n) is 5.03. The molecule has 2 rings (SSSR count). The van der Waals surface area contributed by atoms with Gasteiger partial charge in [0.1, 0.15) is 6.04 Å². The Morgan fingerprint density at radius 3 is 1.94 bits per heavy atom. The molecule has 10 heteroatoms. The first-order valence-electron chi connectivity index (χ1n) is 10.8. The van der Waals surface area contributed by atoms with Crippen LogP contribution in [-0.4, -0.2) is 54.6 Å². The number of nitrogens with one attached hydrogen (secondary N) is 1. The Morgan fingerprint density at radius 1 is 0.971 bits per heavy atom. The molecule has 0 radical (unpaired) electrons. The summed E-state index contributed by atoms with van der Waals surface area (Å²) in [6.07, 6.45) is 0.356. The molecule has 0 aliphatic carbocycles. The second kappa shape index (κ2) is 11.5. The van der Waals surface area contributed by atoms with Gasteiger partial charge in [0, 0.05) is 29.2 Å². The van der Waals surface area contributed by atoms with Gasteiger partial charge >= 0.3 is 0 Å². The van der Waals surface area contributed by atoms with Crippen molar-refractivity contribution < 1.29 is 18.0 Å². The SMILES string of the molecule is CC[C@@H](C(=O)NC(C)(C)C)N(Cc1ccc(Cl)cc1)C(=O)CN(C)S(=O)(=O)c1ccc(Cl)cc1. The summed E-state index contributed by atoms with van der Waals surface area (Å²) in [6.45, 7) is 7.07. The Labute approximate surface area is 212 Å². The Bertz CT molecular complexity index is 1100. The van der Waals surface area contributed by atoms with Crippen LogP contribution >= 0.6 is 23.2 Å². The highest BCUT2D eigenvalue weighted by Gasteiger charge is 2.33. The van der Waals surface area contributed by atoms with E-state index in [1.54, 1.807) is 24.3 Å². The molecule has 1 atom stereocenters. The lowest BCUT2D eigenvalue weighted by Gasteiger charge is -2.34. The molecular weight excluding hydrogens is 497 g/mol. The van der Waals surface area contributed by atoms with Crippen LogP contribution in [0.3, 0.4) is 0 Å². The van der Waals surface area contributed by atoms with Crippen molar-refractivity contribution in [3.63, 3.8) is 0 Å². The Morgan fingerprint density at radius 2 is 1.47 bits per heavy atom. The lowest BCUT2D eigenvalue weighted by molar-refractivity contribution is -0.142. The van der Waals surface area contributed by atoms with Gasteiger partial charge in [-0.1, -0.05) is 42.3 Å². The zero-order chi connectivity index (χ0) is 25.7. The van der Waals surface area contributed by atoms with Crippen molar-refractivity contribution in [2.75, 3.05) is 13.6 Å². The van der Waals surface area contributed by atoms with E-state index in [9.17, 15) is 18.0 Å². The average molecular weight is 529 g/mol. The molecule has 0 saturated heterocycles. The smallest absolute Gasteiger partial charge is 0.243 e. The number of amides is 2. The minimum absolute atomic E-state index is 0.0222. The van der Waals surface area contributed by atoms with E-state index in [0.29, 0.717) is 16.5 Å². The number of likely N-dealkylation sites (N-methyl/N-ethyl adjacent to an activating group) is 1. The molecule has 0 aliphatic heterocycles. The van der Waals surface area contributed by atoms with Crippen LogP contribution in [0.1, 0.15) is 39.7 Å². The Balaban J connectivity index is 2.34. The van der Waals surface area contributed by atoms with Gasteiger partial charge in [0.05, 0.1) is 11.4 Å². The van der Waals surface area contributed by atoms with Crippen LogP contribution in [-0.2, 0) is 26.2 Å². The number of carbonyl (C=O) groups excluding carboxylic acids is 2. The van der Waals surface area contributed by atoms with E-state index in [2.05, 4.69) is 5.32 Å². The van der Waals surface area contributed by atoms with Crippen molar-refractivity contribution in [2.24, 2.45) is 0 Å². The number of nitrogens with zero attached hydrogens (tertiary/aromatic N) is 2. The predicted octanol–water partition coefficient (Wildman–Crippen LogP) is 4.34. The molecule has 2 amide bonds. The van der Waals surface area contributed by atoms with Gasteiger partial charge in [-0.15, -0.1) is 0 Å². The number of carbonyl (C=O) groups is 2. The summed E-state index contributed by atoms with van der Waals surface area (Å²) in [5.74, 6) is -0.800. The van der Waals surface area contributed by atoms with E-state index in [1.807, 2.05) is 27.7 Å². The van der Waals surface area contributed by atoms with Crippen molar-refractivity contribution in [2.45, 2.75) is 57.1 Å². The number of benzene rings is 2. The molecule has 0 aromatic heterocycles. The van der Waals surface area contributed by atoms with Gasteiger partial charge in [0.25, 0.3) is 0 Å². The van der Waals surface area contributed by atoms with E-state index < -0.39 is 34.1 Å². The number of hydrogen-bond acceptors (Lipinski definition) is 4.